The van der Waals surface area contributed by atoms with E-state index < -0.39 is 20.8 Å². The fourth-order valence-electron chi connectivity index (χ4n) is 1.38. The number of nitrogens with zero attached hydrogens (tertiary/aromatic N) is 1. The van der Waals surface area contributed by atoms with Crippen LogP contribution < -0.4 is 0 Å². The van der Waals surface area contributed by atoms with Gasteiger partial charge in [-0.25, -0.2) is 13.2 Å². The first-order valence-electron chi connectivity index (χ1n) is 4.90. The van der Waals surface area contributed by atoms with E-state index in [-0.39, 0.29) is 10.5 Å². The number of hydrogen-bond acceptors (Lipinski definition) is 6. The first-order valence-corrected chi connectivity index (χ1v) is 6.38. The van der Waals surface area contributed by atoms with Gasteiger partial charge in [0, 0.05) is 0 Å². The van der Waals surface area contributed by atoms with E-state index in [1.165, 1.54) is 12.1 Å². The molecule has 0 aliphatic carbocycles. The number of ether oxygens (including phenoxy) is 1. The van der Waals surface area contributed by atoms with Crippen LogP contribution in [0.1, 0.15) is 10.4 Å². The summed E-state index contributed by atoms with van der Waals surface area (Å²) in [4.78, 5) is 11.4. The maximum absolute atomic E-state index is 12.2. The summed E-state index contributed by atoms with van der Waals surface area (Å²) < 4.78 is 33.4. The van der Waals surface area contributed by atoms with Crippen LogP contribution in [-0.2, 0) is 14.6 Å². The number of benzene rings is 1. The summed E-state index contributed by atoms with van der Waals surface area (Å²) in [6.07, 6.45) is 0.946. The van der Waals surface area contributed by atoms with Gasteiger partial charge < -0.3 is 9.26 Å². The molecule has 1 aromatic heterocycles. The van der Waals surface area contributed by atoms with Gasteiger partial charge in [-0.05, 0) is 12.1 Å². The molecule has 0 unspecified atom stereocenters. The molecule has 1 aromatic carbocycles. The lowest BCUT2D eigenvalue weighted by Gasteiger charge is -2.02. The smallest absolute Gasteiger partial charge is 0.344 e. The van der Waals surface area contributed by atoms with Crippen LogP contribution in [0, 0.1) is 0 Å². The van der Waals surface area contributed by atoms with E-state index in [0.717, 1.165) is 13.4 Å². The molecular weight excluding hydrogens is 258 g/mol. The van der Waals surface area contributed by atoms with Crippen LogP contribution >= 0.6 is 0 Å². The Morgan fingerprint density at radius 2 is 1.94 bits per heavy atom. The molecule has 0 radical (unpaired) electrons. The number of carbonyl (C=O) groups is 1. The number of carbonyl (C=O) groups excluding carboxylic acids is 1. The lowest BCUT2D eigenvalue weighted by atomic mass is 10.4. The molecule has 0 spiro atoms. The number of methoxy groups -OCH3 is 1. The third-order valence-corrected chi connectivity index (χ3v) is 3.95. The van der Waals surface area contributed by atoms with Gasteiger partial charge in [0.05, 0.1) is 12.0 Å². The van der Waals surface area contributed by atoms with E-state index in [1.54, 1.807) is 18.2 Å². The van der Waals surface area contributed by atoms with Gasteiger partial charge in [0.25, 0.3) is 0 Å². The Morgan fingerprint density at radius 3 is 2.56 bits per heavy atom. The fraction of sp³-hybridized carbons (Fsp3) is 0.0909. The number of sulfone groups is 1. The number of rotatable bonds is 3. The molecular formula is C11H9NO5S. The molecule has 2 rings (SSSR count). The average Bonchev–Trinajstić information content (AvgIpc) is 2.89. The van der Waals surface area contributed by atoms with Crippen LogP contribution in [0.25, 0.3) is 0 Å². The second kappa shape index (κ2) is 4.61. The Hall–Kier alpha value is -2.15. The zero-order valence-corrected chi connectivity index (χ0v) is 10.2. The molecule has 0 fully saturated rings. The molecule has 0 amide bonds. The first kappa shape index (κ1) is 12.3. The van der Waals surface area contributed by atoms with Gasteiger partial charge in [-0.3, -0.25) is 0 Å². The highest BCUT2D eigenvalue weighted by Gasteiger charge is 2.29. The Kier molecular flexibility index (Phi) is 3.15. The van der Waals surface area contributed by atoms with E-state index in [1.807, 2.05) is 0 Å². The predicted octanol–water partition coefficient (Wildman–Crippen LogP) is 1.29. The van der Waals surface area contributed by atoms with E-state index in [9.17, 15) is 13.2 Å². The van der Waals surface area contributed by atoms with Gasteiger partial charge in [0.1, 0.15) is 11.8 Å². The standard InChI is InChI=1S/C11H9NO5S/c1-16-11(13)9-7-17-12-10(9)18(14,15)8-5-3-2-4-6-8/h2-7H,1H3. The van der Waals surface area contributed by atoms with Crippen LogP contribution in [0.4, 0.5) is 0 Å². The molecule has 1 heterocycles. The molecule has 0 saturated carbocycles. The molecule has 2 aromatic rings. The molecule has 0 N–H and O–H groups in total. The van der Waals surface area contributed by atoms with Gasteiger partial charge in [-0.2, -0.15) is 0 Å². The minimum Gasteiger partial charge on any atom is -0.465 e. The Morgan fingerprint density at radius 1 is 1.28 bits per heavy atom. The fourth-order valence-corrected chi connectivity index (χ4v) is 2.68. The van der Waals surface area contributed by atoms with Crippen molar-refractivity contribution in [3.8, 4) is 0 Å². The maximum Gasteiger partial charge on any atom is 0.344 e. The molecule has 94 valence electrons. The van der Waals surface area contributed by atoms with Crippen molar-refractivity contribution in [2.45, 2.75) is 9.92 Å². The molecule has 18 heavy (non-hydrogen) atoms. The van der Waals surface area contributed by atoms with Gasteiger partial charge in [0.2, 0.25) is 14.9 Å². The van der Waals surface area contributed by atoms with Crippen LogP contribution in [0.15, 0.2) is 51.0 Å². The van der Waals surface area contributed by atoms with Crippen molar-refractivity contribution < 1.29 is 22.5 Å². The van der Waals surface area contributed by atoms with Crippen molar-refractivity contribution in [3.63, 3.8) is 0 Å². The average molecular weight is 267 g/mol. The lowest BCUT2D eigenvalue weighted by Crippen LogP contribution is -2.10. The molecule has 0 aliphatic rings. The van der Waals surface area contributed by atoms with Crippen LogP contribution in [0.5, 0.6) is 0 Å². The highest BCUT2D eigenvalue weighted by molar-refractivity contribution is 7.91. The van der Waals surface area contributed by atoms with Crippen molar-refractivity contribution in [2.75, 3.05) is 7.11 Å². The largest absolute Gasteiger partial charge is 0.465 e. The van der Waals surface area contributed by atoms with Crippen molar-refractivity contribution >= 4 is 15.8 Å². The summed E-state index contributed by atoms with van der Waals surface area (Å²) in [6, 6.07) is 7.65. The van der Waals surface area contributed by atoms with Crippen LogP contribution in [-0.4, -0.2) is 26.7 Å². The SMILES string of the molecule is COC(=O)c1conc1S(=O)(=O)c1ccccc1. The second-order valence-corrected chi connectivity index (χ2v) is 5.21. The van der Waals surface area contributed by atoms with E-state index in [0.29, 0.717) is 0 Å². The number of esters is 1. The van der Waals surface area contributed by atoms with E-state index >= 15 is 0 Å². The predicted molar refractivity (Wildman–Crippen MR) is 59.7 cm³/mol. The van der Waals surface area contributed by atoms with E-state index in [2.05, 4.69) is 14.4 Å². The van der Waals surface area contributed by atoms with Gasteiger partial charge in [0.15, 0.2) is 0 Å². The minimum atomic E-state index is -3.89. The summed E-state index contributed by atoms with van der Waals surface area (Å²) in [5.41, 5.74) is -0.221. The zero-order valence-electron chi connectivity index (χ0n) is 9.36. The molecule has 0 bridgehead atoms. The van der Waals surface area contributed by atoms with Crippen molar-refractivity contribution in [2.24, 2.45) is 0 Å². The second-order valence-electron chi connectivity index (χ2n) is 3.34. The summed E-state index contributed by atoms with van der Waals surface area (Å²) in [5, 5.41) is 2.93. The van der Waals surface area contributed by atoms with Crippen molar-refractivity contribution in [3.05, 3.63) is 42.2 Å². The normalized spacial score (nSPS) is 11.2. The summed E-state index contributed by atoms with van der Waals surface area (Å²) in [5.74, 6) is -0.814. The topological polar surface area (TPSA) is 86.5 Å². The van der Waals surface area contributed by atoms with Gasteiger partial charge in [-0.15, -0.1) is 0 Å². The Balaban J connectivity index is 2.56. The number of aromatic nitrogens is 1. The van der Waals surface area contributed by atoms with E-state index in [4.69, 9.17) is 0 Å². The van der Waals surface area contributed by atoms with Crippen LogP contribution in [0.2, 0.25) is 0 Å². The molecule has 0 aliphatic heterocycles. The minimum absolute atomic E-state index is 0.0315. The number of hydrogen-bond donors (Lipinski definition) is 0. The van der Waals surface area contributed by atoms with Crippen LogP contribution in [0.3, 0.4) is 0 Å². The molecule has 0 atom stereocenters. The third kappa shape index (κ3) is 2.00. The monoisotopic (exact) mass is 267 g/mol. The van der Waals surface area contributed by atoms with Gasteiger partial charge in [-0.1, -0.05) is 23.4 Å². The van der Waals surface area contributed by atoms with Crippen molar-refractivity contribution in [1.29, 1.82) is 0 Å². The molecule has 0 saturated heterocycles. The Labute approximate surface area is 103 Å². The third-order valence-electron chi connectivity index (χ3n) is 2.25. The highest BCUT2D eigenvalue weighted by atomic mass is 32.2. The van der Waals surface area contributed by atoms with Gasteiger partial charge >= 0.3 is 5.97 Å². The summed E-state index contributed by atoms with van der Waals surface area (Å²) >= 11 is 0. The highest BCUT2D eigenvalue weighted by Crippen LogP contribution is 2.22. The summed E-state index contributed by atoms with van der Waals surface area (Å²) in [7, 11) is -2.74. The van der Waals surface area contributed by atoms with Crippen molar-refractivity contribution in [1.82, 2.24) is 5.16 Å². The lowest BCUT2D eigenvalue weighted by molar-refractivity contribution is 0.0596. The first-order chi connectivity index (χ1) is 8.57. The maximum atomic E-state index is 12.2. The Bertz CT molecular complexity index is 660. The zero-order chi connectivity index (χ0) is 13.2. The quantitative estimate of drug-likeness (QED) is 0.779. The molecule has 7 heteroatoms. The summed E-state index contributed by atoms with van der Waals surface area (Å²) in [6.45, 7) is 0. The molecule has 6 nitrogen and oxygen atoms in total.